The zero-order chi connectivity index (χ0) is 25.4. The van der Waals surface area contributed by atoms with Crippen molar-refractivity contribution >= 4 is 22.8 Å². The summed E-state index contributed by atoms with van der Waals surface area (Å²) in [6, 6.07) is 12.1. The number of fused-ring (bicyclic) bond motifs is 1. The molecule has 36 heavy (non-hydrogen) atoms. The van der Waals surface area contributed by atoms with Crippen molar-refractivity contribution in [3.05, 3.63) is 53.7 Å². The van der Waals surface area contributed by atoms with Gasteiger partial charge in [-0.2, -0.15) is 5.10 Å². The number of hydrogen-bond donors (Lipinski definition) is 2. The Labute approximate surface area is 209 Å². The van der Waals surface area contributed by atoms with Gasteiger partial charge in [-0.15, -0.1) is 0 Å². The van der Waals surface area contributed by atoms with Crippen molar-refractivity contribution < 1.29 is 14.6 Å². The molecule has 1 aromatic carbocycles. The number of rotatable bonds is 6. The molecule has 9 heteroatoms. The van der Waals surface area contributed by atoms with Gasteiger partial charge in [-0.3, -0.25) is 9.89 Å². The monoisotopic (exact) mass is 486 g/mol. The molecular formula is C27H30N6O3. The molecule has 1 saturated heterocycles. The van der Waals surface area contributed by atoms with E-state index in [2.05, 4.69) is 46.1 Å². The number of nitrogens with one attached hydrogen (secondary N) is 1. The number of benzene rings is 1. The molecule has 186 valence electrons. The summed E-state index contributed by atoms with van der Waals surface area (Å²) in [6.07, 6.45) is 2.65. The molecule has 1 atom stereocenters. The van der Waals surface area contributed by atoms with Crippen LogP contribution in [0.3, 0.4) is 0 Å². The third-order valence-electron chi connectivity index (χ3n) is 7.16. The fourth-order valence-corrected chi connectivity index (χ4v) is 4.78. The molecule has 1 fully saturated rings. The number of aromatic amines is 1. The predicted octanol–water partition coefficient (Wildman–Crippen LogP) is 3.34. The van der Waals surface area contributed by atoms with Gasteiger partial charge in [0, 0.05) is 43.5 Å². The molecule has 2 N–H and O–H groups in total. The lowest BCUT2D eigenvalue weighted by atomic mass is 9.99. The van der Waals surface area contributed by atoms with E-state index in [0.717, 1.165) is 57.9 Å². The van der Waals surface area contributed by atoms with Crippen molar-refractivity contribution in [2.24, 2.45) is 0 Å². The summed E-state index contributed by atoms with van der Waals surface area (Å²) >= 11 is 0. The molecule has 4 aromatic rings. The van der Waals surface area contributed by atoms with Gasteiger partial charge >= 0.3 is 0 Å². The number of pyridine rings is 2. The Balaban J connectivity index is 1.45. The number of hydrogen-bond acceptors (Lipinski definition) is 7. The predicted molar refractivity (Wildman–Crippen MR) is 139 cm³/mol. The molecule has 3 aromatic heterocycles. The highest BCUT2D eigenvalue weighted by atomic mass is 16.5. The second-order valence-corrected chi connectivity index (χ2v) is 9.21. The number of likely N-dealkylation sites (N-methyl/N-ethyl adjacent to an activating group) is 1. The Morgan fingerprint density at radius 1 is 1.25 bits per heavy atom. The molecule has 0 spiro atoms. The maximum absolute atomic E-state index is 11.8. The van der Waals surface area contributed by atoms with Gasteiger partial charge in [0.25, 0.3) is 0 Å². The summed E-state index contributed by atoms with van der Waals surface area (Å²) in [5.41, 5.74) is 7.30. The van der Waals surface area contributed by atoms with Crippen LogP contribution in [0.25, 0.3) is 33.5 Å². The van der Waals surface area contributed by atoms with E-state index in [1.165, 1.54) is 5.56 Å². The standard InChI is InChI=1S/C27H30N6O3/c1-16-6-5-7-20(17(16)2)26-22(36-4)12-21-27(29-26)25(31-30-21)18-8-9-23(28-13-18)33-11-10-19(14-33)32(3)24(35)15-34/h5-9,12-13,19,34H,10-11,14-15H2,1-4H3,(H,30,31). The number of aryl methyl sites for hydroxylation is 1. The van der Waals surface area contributed by atoms with Crippen molar-refractivity contribution in [2.45, 2.75) is 26.3 Å². The number of methoxy groups -OCH3 is 1. The van der Waals surface area contributed by atoms with Crippen LogP contribution in [-0.4, -0.2) is 76.0 Å². The second kappa shape index (κ2) is 9.58. The topological polar surface area (TPSA) is 107 Å². The fourth-order valence-electron chi connectivity index (χ4n) is 4.78. The molecule has 1 aliphatic heterocycles. The zero-order valence-electron chi connectivity index (χ0n) is 20.9. The number of carbonyl (C=O) groups excluding carboxylic acids is 1. The largest absolute Gasteiger partial charge is 0.494 e. The number of nitrogens with zero attached hydrogens (tertiary/aromatic N) is 5. The SMILES string of the molecule is COc1cc2[nH]nc(-c3ccc(N4CCC(N(C)C(=O)CO)C4)nc3)c2nc1-c1cccc(C)c1C. The van der Waals surface area contributed by atoms with Crippen LogP contribution in [0.1, 0.15) is 17.5 Å². The Morgan fingerprint density at radius 2 is 2.08 bits per heavy atom. The number of aromatic nitrogens is 4. The van der Waals surface area contributed by atoms with Crippen molar-refractivity contribution in [1.82, 2.24) is 25.1 Å². The molecule has 4 heterocycles. The van der Waals surface area contributed by atoms with Crippen molar-refractivity contribution in [3.63, 3.8) is 0 Å². The molecule has 5 rings (SSSR count). The van der Waals surface area contributed by atoms with Crippen LogP contribution in [-0.2, 0) is 4.79 Å². The number of carbonyl (C=O) groups is 1. The number of ether oxygens (including phenoxy) is 1. The molecule has 0 radical (unpaired) electrons. The highest BCUT2D eigenvalue weighted by Crippen LogP contribution is 2.36. The van der Waals surface area contributed by atoms with E-state index in [1.54, 1.807) is 19.1 Å². The number of H-pyrrole nitrogens is 1. The van der Waals surface area contributed by atoms with Gasteiger partial charge < -0.3 is 19.6 Å². The lowest BCUT2D eigenvalue weighted by Crippen LogP contribution is -2.40. The van der Waals surface area contributed by atoms with Crippen LogP contribution in [0.15, 0.2) is 42.6 Å². The first-order valence-corrected chi connectivity index (χ1v) is 12.0. The third-order valence-corrected chi connectivity index (χ3v) is 7.16. The van der Waals surface area contributed by atoms with Crippen LogP contribution in [0, 0.1) is 13.8 Å². The Bertz CT molecular complexity index is 1420. The molecule has 0 bridgehead atoms. The minimum Gasteiger partial charge on any atom is -0.494 e. The quantitative estimate of drug-likeness (QED) is 0.430. The highest BCUT2D eigenvalue weighted by molar-refractivity contribution is 5.93. The van der Waals surface area contributed by atoms with Gasteiger partial charge in [-0.25, -0.2) is 9.97 Å². The summed E-state index contributed by atoms with van der Waals surface area (Å²) in [7, 11) is 3.39. The van der Waals surface area contributed by atoms with E-state index in [-0.39, 0.29) is 11.9 Å². The van der Waals surface area contributed by atoms with E-state index < -0.39 is 6.61 Å². The molecule has 9 nitrogen and oxygen atoms in total. The van der Waals surface area contributed by atoms with Crippen LogP contribution in [0.5, 0.6) is 5.75 Å². The molecule has 1 amide bonds. The van der Waals surface area contributed by atoms with Crippen LogP contribution in [0.4, 0.5) is 5.82 Å². The Morgan fingerprint density at radius 3 is 2.81 bits per heavy atom. The first-order chi connectivity index (χ1) is 17.4. The molecule has 1 aliphatic rings. The van der Waals surface area contributed by atoms with Crippen molar-refractivity contribution in [2.75, 3.05) is 38.8 Å². The lowest BCUT2D eigenvalue weighted by Gasteiger charge is -2.24. The van der Waals surface area contributed by atoms with Gasteiger partial charge in [0.1, 0.15) is 35.1 Å². The maximum Gasteiger partial charge on any atom is 0.248 e. The normalized spacial score (nSPS) is 15.5. The van der Waals surface area contributed by atoms with Crippen LogP contribution in [0.2, 0.25) is 0 Å². The fraction of sp³-hybridized carbons (Fsp3) is 0.333. The first-order valence-electron chi connectivity index (χ1n) is 12.0. The summed E-state index contributed by atoms with van der Waals surface area (Å²) < 4.78 is 5.67. The van der Waals surface area contributed by atoms with E-state index in [4.69, 9.17) is 14.8 Å². The van der Waals surface area contributed by atoms with Crippen LogP contribution >= 0.6 is 0 Å². The lowest BCUT2D eigenvalue weighted by molar-refractivity contribution is -0.134. The maximum atomic E-state index is 11.8. The molecule has 0 saturated carbocycles. The summed E-state index contributed by atoms with van der Waals surface area (Å²) in [5, 5.41) is 16.8. The van der Waals surface area contributed by atoms with E-state index in [9.17, 15) is 4.79 Å². The number of amides is 1. The molecule has 1 unspecified atom stereocenters. The third kappa shape index (κ3) is 4.15. The number of anilines is 1. The highest BCUT2D eigenvalue weighted by Gasteiger charge is 2.29. The molecule has 0 aliphatic carbocycles. The average Bonchev–Trinajstić information content (AvgIpc) is 3.56. The van der Waals surface area contributed by atoms with Gasteiger partial charge in [0.05, 0.1) is 18.7 Å². The first kappa shape index (κ1) is 23.7. The van der Waals surface area contributed by atoms with Gasteiger partial charge in [0.2, 0.25) is 5.91 Å². The minimum absolute atomic E-state index is 0.0593. The van der Waals surface area contributed by atoms with E-state index in [1.807, 2.05) is 30.5 Å². The Kier molecular flexibility index (Phi) is 6.32. The van der Waals surface area contributed by atoms with Crippen LogP contribution < -0.4 is 9.64 Å². The van der Waals surface area contributed by atoms with E-state index in [0.29, 0.717) is 12.3 Å². The smallest absolute Gasteiger partial charge is 0.248 e. The van der Waals surface area contributed by atoms with Gasteiger partial charge in [0.15, 0.2) is 0 Å². The summed E-state index contributed by atoms with van der Waals surface area (Å²) in [5.74, 6) is 1.27. The summed E-state index contributed by atoms with van der Waals surface area (Å²) in [4.78, 5) is 25.3. The number of aliphatic hydroxyl groups excluding tert-OH is 1. The van der Waals surface area contributed by atoms with E-state index >= 15 is 0 Å². The second-order valence-electron chi connectivity index (χ2n) is 9.21. The van der Waals surface area contributed by atoms with Crippen molar-refractivity contribution in [1.29, 1.82) is 0 Å². The van der Waals surface area contributed by atoms with Gasteiger partial charge in [-0.1, -0.05) is 18.2 Å². The molecular weight excluding hydrogens is 456 g/mol. The van der Waals surface area contributed by atoms with Crippen molar-refractivity contribution in [3.8, 4) is 28.3 Å². The summed E-state index contributed by atoms with van der Waals surface area (Å²) in [6.45, 7) is 5.19. The zero-order valence-corrected chi connectivity index (χ0v) is 20.9. The number of aliphatic hydroxyl groups is 1. The average molecular weight is 487 g/mol. The Hall–Kier alpha value is -3.98. The minimum atomic E-state index is -0.470. The van der Waals surface area contributed by atoms with Gasteiger partial charge in [-0.05, 0) is 43.5 Å².